The minimum atomic E-state index is -0.613. The van der Waals surface area contributed by atoms with Crippen LogP contribution < -0.4 is 15.4 Å². The van der Waals surface area contributed by atoms with Crippen LogP contribution in [0.15, 0.2) is 48.5 Å². The lowest BCUT2D eigenvalue weighted by Gasteiger charge is -2.39. The van der Waals surface area contributed by atoms with Gasteiger partial charge >= 0.3 is 6.03 Å². The van der Waals surface area contributed by atoms with E-state index in [1.807, 2.05) is 69.3 Å². The Kier molecular flexibility index (Phi) is 6.98. The van der Waals surface area contributed by atoms with Crippen LogP contribution in [0.4, 0.5) is 10.5 Å². The topological polar surface area (TPSA) is 70.7 Å². The number of aryl methyl sites for hydroxylation is 1. The van der Waals surface area contributed by atoms with Gasteiger partial charge in [0, 0.05) is 19.6 Å². The molecular weight excluding hydrogens is 378 g/mol. The number of nitrogens with zero attached hydrogens (tertiary/aromatic N) is 1. The van der Waals surface area contributed by atoms with E-state index in [4.69, 9.17) is 4.74 Å². The van der Waals surface area contributed by atoms with Crippen molar-refractivity contribution in [1.29, 1.82) is 0 Å². The van der Waals surface area contributed by atoms with Gasteiger partial charge in [0.25, 0.3) is 0 Å². The summed E-state index contributed by atoms with van der Waals surface area (Å²) in [6, 6.07) is 15.2. The molecule has 2 aromatic rings. The highest BCUT2D eigenvalue weighted by atomic mass is 16.5. The number of ether oxygens (including phenoxy) is 1. The number of anilines is 1. The van der Waals surface area contributed by atoms with Crippen LogP contribution in [0.25, 0.3) is 0 Å². The third-order valence-electron chi connectivity index (χ3n) is 5.66. The molecular formula is C24H31N3O3. The summed E-state index contributed by atoms with van der Waals surface area (Å²) < 4.78 is 5.59. The molecule has 0 aromatic heterocycles. The predicted molar refractivity (Wildman–Crippen MR) is 119 cm³/mol. The maximum absolute atomic E-state index is 13.0. The van der Waals surface area contributed by atoms with Gasteiger partial charge in [-0.25, -0.2) is 4.79 Å². The number of amides is 3. The molecule has 2 N–H and O–H groups in total. The Labute approximate surface area is 178 Å². The summed E-state index contributed by atoms with van der Waals surface area (Å²) in [5.41, 5.74) is 2.28. The van der Waals surface area contributed by atoms with Gasteiger partial charge in [-0.3, -0.25) is 4.79 Å². The van der Waals surface area contributed by atoms with Crippen molar-refractivity contribution in [3.05, 3.63) is 59.7 Å². The van der Waals surface area contributed by atoms with Crippen LogP contribution in [0.3, 0.4) is 0 Å². The van der Waals surface area contributed by atoms with E-state index in [0.29, 0.717) is 37.7 Å². The summed E-state index contributed by atoms with van der Waals surface area (Å²) in [6.45, 7) is 7.91. The lowest BCUT2D eigenvalue weighted by Crippen LogP contribution is -2.52. The average molecular weight is 410 g/mol. The van der Waals surface area contributed by atoms with Gasteiger partial charge in [-0.15, -0.1) is 0 Å². The highest BCUT2D eigenvalue weighted by Gasteiger charge is 2.39. The number of rotatable bonds is 6. The Morgan fingerprint density at radius 1 is 1.13 bits per heavy atom. The third kappa shape index (κ3) is 5.12. The first-order valence-corrected chi connectivity index (χ1v) is 10.5. The number of urea groups is 1. The summed E-state index contributed by atoms with van der Waals surface area (Å²) in [5, 5.41) is 6.01. The molecule has 3 rings (SSSR count). The van der Waals surface area contributed by atoms with Gasteiger partial charge in [0.15, 0.2) is 0 Å². The summed E-state index contributed by atoms with van der Waals surface area (Å²) in [4.78, 5) is 27.6. The molecule has 0 radical (unpaired) electrons. The highest BCUT2D eigenvalue weighted by molar-refractivity contribution is 5.92. The number of nitrogens with one attached hydrogen (secondary N) is 2. The number of carbonyl (C=O) groups excluding carboxylic acids is 2. The molecule has 2 aromatic carbocycles. The van der Waals surface area contributed by atoms with Crippen molar-refractivity contribution in [1.82, 2.24) is 10.2 Å². The zero-order chi connectivity index (χ0) is 21.6. The maximum atomic E-state index is 13.0. The predicted octanol–water partition coefficient (Wildman–Crippen LogP) is 4.34. The van der Waals surface area contributed by atoms with E-state index in [0.717, 1.165) is 24.0 Å². The van der Waals surface area contributed by atoms with Crippen LogP contribution in [-0.4, -0.2) is 36.5 Å². The number of benzene rings is 2. The minimum Gasteiger partial charge on any atom is -0.492 e. The molecule has 1 saturated heterocycles. The summed E-state index contributed by atoms with van der Waals surface area (Å²) in [7, 11) is 0. The van der Waals surface area contributed by atoms with Gasteiger partial charge in [0.05, 0.1) is 17.7 Å². The molecule has 1 aliphatic rings. The average Bonchev–Trinajstić information content (AvgIpc) is 2.74. The molecule has 0 aliphatic carbocycles. The zero-order valence-corrected chi connectivity index (χ0v) is 18.0. The lowest BCUT2D eigenvalue weighted by atomic mass is 9.81. The fourth-order valence-electron chi connectivity index (χ4n) is 3.84. The largest absolute Gasteiger partial charge is 0.492 e. The van der Waals surface area contributed by atoms with E-state index < -0.39 is 5.41 Å². The number of para-hydroxylation sites is 2. The van der Waals surface area contributed by atoms with Crippen molar-refractivity contribution in [2.75, 3.05) is 25.0 Å². The standard InChI is InChI=1S/C24H31N3O3/c1-4-30-21-13-8-7-12-20(21)26-23(29)27-15-9-14-24(3,17-27)22(28)25-16-19-11-6-5-10-18(19)2/h5-8,10-13H,4,9,14-17H2,1-3H3,(H,25,28)(H,26,29)/t24-/m0/s1. The van der Waals surface area contributed by atoms with Crippen molar-refractivity contribution < 1.29 is 14.3 Å². The first-order chi connectivity index (χ1) is 14.4. The molecule has 0 saturated carbocycles. The molecule has 0 bridgehead atoms. The minimum absolute atomic E-state index is 0.0158. The number of piperidine rings is 1. The first-order valence-electron chi connectivity index (χ1n) is 10.5. The monoisotopic (exact) mass is 409 g/mol. The van der Waals surface area contributed by atoms with Crippen molar-refractivity contribution >= 4 is 17.6 Å². The first kappa shape index (κ1) is 21.7. The van der Waals surface area contributed by atoms with E-state index >= 15 is 0 Å². The van der Waals surface area contributed by atoms with Crippen molar-refractivity contribution in [3.8, 4) is 5.75 Å². The Morgan fingerprint density at radius 3 is 2.63 bits per heavy atom. The maximum Gasteiger partial charge on any atom is 0.321 e. The fourth-order valence-corrected chi connectivity index (χ4v) is 3.84. The number of hydrogen-bond donors (Lipinski definition) is 2. The third-order valence-corrected chi connectivity index (χ3v) is 5.66. The Morgan fingerprint density at radius 2 is 1.87 bits per heavy atom. The van der Waals surface area contributed by atoms with E-state index in [2.05, 4.69) is 10.6 Å². The Hall–Kier alpha value is -3.02. The molecule has 1 heterocycles. The van der Waals surface area contributed by atoms with Crippen LogP contribution in [0, 0.1) is 12.3 Å². The molecule has 6 nitrogen and oxygen atoms in total. The Bertz CT molecular complexity index is 899. The SMILES string of the molecule is CCOc1ccccc1NC(=O)N1CCC[C@](C)(C(=O)NCc2ccccc2C)C1. The van der Waals surface area contributed by atoms with Crippen LogP contribution in [-0.2, 0) is 11.3 Å². The molecule has 1 fully saturated rings. The normalized spacial score (nSPS) is 18.6. The van der Waals surface area contributed by atoms with E-state index in [1.165, 1.54) is 0 Å². The van der Waals surface area contributed by atoms with Gasteiger partial charge in [0.1, 0.15) is 5.75 Å². The summed E-state index contributed by atoms with van der Waals surface area (Å²) in [5.74, 6) is 0.627. The zero-order valence-electron chi connectivity index (χ0n) is 18.0. The molecule has 0 spiro atoms. The summed E-state index contributed by atoms with van der Waals surface area (Å²) in [6.07, 6.45) is 1.54. The van der Waals surface area contributed by atoms with E-state index in [1.54, 1.807) is 4.90 Å². The summed E-state index contributed by atoms with van der Waals surface area (Å²) >= 11 is 0. The molecule has 160 valence electrons. The highest BCUT2D eigenvalue weighted by Crippen LogP contribution is 2.31. The van der Waals surface area contributed by atoms with Crippen molar-refractivity contribution in [2.24, 2.45) is 5.41 Å². The van der Waals surface area contributed by atoms with Crippen LogP contribution in [0.5, 0.6) is 5.75 Å². The fraction of sp³-hybridized carbons (Fsp3) is 0.417. The van der Waals surface area contributed by atoms with Gasteiger partial charge in [-0.05, 0) is 56.9 Å². The second-order valence-corrected chi connectivity index (χ2v) is 8.05. The molecule has 30 heavy (non-hydrogen) atoms. The van der Waals surface area contributed by atoms with E-state index in [9.17, 15) is 9.59 Å². The molecule has 0 unspecified atom stereocenters. The molecule has 1 aliphatic heterocycles. The molecule has 1 atom stereocenters. The van der Waals surface area contributed by atoms with Crippen LogP contribution >= 0.6 is 0 Å². The quantitative estimate of drug-likeness (QED) is 0.745. The van der Waals surface area contributed by atoms with Crippen LogP contribution in [0.2, 0.25) is 0 Å². The molecule has 6 heteroatoms. The smallest absolute Gasteiger partial charge is 0.321 e. The van der Waals surface area contributed by atoms with Crippen LogP contribution in [0.1, 0.15) is 37.8 Å². The number of likely N-dealkylation sites (tertiary alicyclic amines) is 1. The Balaban J connectivity index is 1.62. The lowest BCUT2D eigenvalue weighted by molar-refractivity contribution is -0.132. The second kappa shape index (κ2) is 9.65. The number of hydrogen-bond acceptors (Lipinski definition) is 3. The van der Waals surface area contributed by atoms with E-state index in [-0.39, 0.29) is 11.9 Å². The van der Waals surface area contributed by atoms with Gasteiger partial charge in [0.2, 0.25) is 5.91 Å². The van der Waals surface area contributed by atoms with Crippen molar-refractivity contribution in [3.63, 3.8) is 0 Å². The second-order valence-electron chi connectivity index (χ2n) is 8.05. The number of carbonyl (C=O) groups is 2. The van der Waals surface area contributed by atoms with Gasteiger partial charge in [-0.1, -0.05) is 36.4 Å². The van der Waals surface area contributed by atoms with Crippen molar-refractivity contribution in [2.45, 2.75) is 40.2 Å². The van der Waals surface area contributed by atoms with Gasteiger partial charge < -0.3 is 20.3 Å². The molecule has 3 amide bonds. The van der Waals surface area contributed by atoms with Gasteiger partial charge in [-0.2, -0.15) is 0 Å².